The molecule has 0 bridgehead atoms. The van der Waals surface area contributed by atoms with Crippen molar-refractivity contribution in [3.05, 3.63) is 71.1 Å². The summed E-state index contributed by atoms with van der Waals surface area (Å²) in [4.78, 5) is 16.7. The zero-order valence-corrected chi connectivity index (χ0v) is 17.3. The van der Waals surface area contributed by atoms with Crippen LogP contribution in [-0.2, 0) is 17.6 Å². The number of aryl methyl sites for hydroxylation is 3. The molecule has 0 radical (unpaired) electrons. The summed E-state index contributed by atoms with van der Waals surface area (Å²) in [5, 5.41) is 2.99. The van der Waals surface area contributed by atoms with Gasteiger partial charge in [0.2, 0.25) is 11.8 Å². The first-order valence-corrected chi connectivity index (χ1v) is 9.98. The Labute approximate surface area is 172 Å². The predicted octanol–water partition coefficient (Wildman–Crippen LogP) is 4.65. The van der Waals surface area contributed by atoms with Gasteiger partial charge in [0.25, 0.3) is 0 Å². The maximum Gasteiger partial charge on any atom is 0.226 e. The highest BCUT2D eigenvalue weighted by Gasteiger charge is 2.12. The lowest BCUT2D eigenvalue weighted by Gasteiger charge is -2.05. The molecule has 2 aromatic carbocycles. The fourth-order valence-electron chi connectivity index (χ4n) is 3.15. The number of methoxy groups -OCH3 is 1. The third kappa shape index (κ3) is 5.95. The van der Waals surface area contributed by atoms with Crippen molar-refractivity contribution in [3.63, 3.8) is 0 Å². The van der Waals surface area contributed by atoms with Crippen LogP contribution in [0.1, 0.15) is 35.4 Å². The number of hydrogen-bond acceptors (Lipinski definition) is 4. The van der Waals surface area contributed by atoms with Crippen molar-refractivity contribution in [2.75, 3.05) is 13.7 Å². The standard InChI is InChI=1S/C24H28N2O3/c1-17-10-12-19(13-11-17)14-15-25-23(27)9-5-8-22-18(2)29-24(26-22)20-6-4-7-21(16-20)28-3/h4,6-7,10-13,16H,5,8-9,14-15H2,1-3H3,(H,25,27). The highest BCUT2D eigenvalue weighted by atomic mass is 16.5. The zero-order chi connectivity index (χ0) is 20.6. The van der Waals surface area contributed by atoms with Crippen LogP contribution < -0.4 is 10.1 Å². The average molecular weight is 392 g/mol. The molecule has 0 saturated carbocycles. The van der Waals surface area contributed by atoms with E-state index in [0.29, 0.717) is 25.3 Å². The molecule has 1 aromatic heterocycles. The van der Waals surface area contributed by atoms with Crippen LogP contribution in [0.3, 0.4) is 0 Å². The van der Waals surface area contributed by atoms with Crippen LogP contribution in [0.15, 0.2) is 52.9 Å². The molecule has 0 aliphatic rings. The maximum absolute atomic E-state index is 12.1. The van der Waals surface area contributed by atoms with E-state index in [2.05, 4.69) is 41.5 Å². The Bertz CT molecular complexity index is 945. The van der Waals surface area contributed by atoms with Crippen LogP contribution in [0.4, 0.5) is 0 Å². The van der Waals surface area contributed by atoms with Gasteiger partial charge in [0.15, 0.2) is 0 Å². The third-order valence-corrected chi connectivity index (χ3v) is 4.88. The van der Waals surface area contributed by atoms with E-state index in [1.807, 2.05) is 31.2 Å². The first kappa shape index (κ1) is 20.6. The molecule has 5 heteroatoms. The molecule has 1 heterocycles. The van der Waals surface area contributed by atoms with Gasteiger partial charge in [-0.3, -0.25) is 4.79 Å². The van der Waals surface area contributed by atoms with Crippen molar-refractivity contribution in [3.8, 4) is 17.2 Å². The van der Waals surface area contributed by atoms with Gasteiger partial charge in [0, 0.05) is 18.5 Å². The Morgan fingerprint density at radius 2 is 1.90 bits per heavy atom. The number of ether oxygens (including phenoxy) is 1. The predicted molar refractivity (Wildman–Crippen MR) is 114 cm³/mol. The second-order valence-corrected chi connectivity index (χ2v) is 7.19. The third-order valence-electron chi connectivity index (χ3n) is 4.88. The van der Waals surface area contributed by atoms with Gasteiger partial charge < -0.3 is 14.5 Å². The second kappa shape index (κ2) is 9.92. The molecule has 0 aliphatic carbocycles. The van der Waals surface area contributed by atoms with Crippen LogP contribution in [-0.4, -0.2) is 24.5 Å². The molecule has 0 unspecified atom stereocenters. The van der Waals surface area contributed by atoms with Crippen molar-refractivity contribution >= 4 is 5.91 Å². The molecule has 5 nitrogen and oxygen atoms in total. The van der Waals surface area contributed by atoms with E-state index in [1.54, 1.807) is 7.11 Å². The highest BCUT2D eigenvalue weighted by molar-refractivity contribution is 5.75. The number of nitrogens with zero attached hydrogens (tertiary/aromatic N) is 1. The van der Waals surface area contributed by atoms with Gasteiger partial charge in [0.1, 0.15) is 11.5 Å². The molecule has 0 aliphatic heterocycles. The SMILES string of the molecule is COc1cccc(-c2nc(CCCC(=O)NCCc3ccc(C)cc3)c(C)o2)c1. The van der Waals surface area contributed by atoms with Gasteiger partial charge in [-0.05, 0) is 56.9 Å². The molecular formula is C24H28N2O3. The van der Waals surface area contributed by atoms with Crippen LogP contribution in [0.2, 0.25) is 0 Å². The van der Waals surface area contributed by atoms with Crippen LogP contribution in [0.5, 0.6) is 5.75 Å². The number of hydrogen-bond donors (Lipinski definition) is 1. The van der Waals surface area contributed by atoms with Crippen LogP contribution in [0.25, 0.3) is 11.5 Å². The minimum atomic E-state index is 0.0753. The van der Waals surface area contributed by atoms with E-state index >= 15 is 0 Å². The van der Waals surface area contributed by atoms with E-state index < -0.39 is 0 Å². The van der Waals surface area contributed by atoms with Gasteiger partial charge in [-0.1, -0.05) is 35.9 Å². The molecule has 1 N–H and O–H groups in total. The van der Waals surface area contributed by atoms with E-state index in [4.69, 9.17) is 9.15 Å². The van der Waals surface area contributed by atoms with Crippen LogP contribution in [0, 0.1) is 13.8 Å². The summed E-state index contributed by atoms with van der Waals surface area (Å²) < 4.78 is 11.1. The van der Waals surface area contributed by atoms with Crippen LogP contribution >= 0.6 is 0 Å². The maximum atomic E-state index is 12.1. The monoisotopic (exact) mass is 392 g/mol. The Hall–Kier alpha value is -3.08. The molecule has 0 spiro atoms. The molecule has 3 aromatic rings. The molecule has 0 atom stereocenters. The summed E-state index contributed by atoms with van der Waals surface area (Å²) in [5.74, 6) is 2.22. The van der Waals surface area contributed by atoms with E-state index in [9.17, 15) is 4.79 Å². The van der Waals surface area contributed by atoms with Crippen molar-refractivity contribution in [2.24, 2.45) is 0 Å². The molecular weight excluding hydrogens is 364 g/mol. The molecule has 1 amide bonds. The Morgan fingerprint density at radius 1 is 1.10 bits per heavy atom. The first-order chi connectivity index (χ1) is 14.0. The van der Waals surface area contributed by atoms with Gasteiger partial charge in [0.05, 0.1) is 12.8 Å². The number of rotatable bonds is 9. The Balaban J connectivity index is 1.44. The topological polar surface area (TPSA) is 64.4 Å². The quantitative estimate of drug-likeness (QED) is 0.576. The Kier molecular flexibility index (Phi) is 7.06. The highest BCUT2D eigenvalue weighted by Crippen LogP contribution is 2.25. The lowest BCUT2D eigenvalue weighted by Crippen LogP contribution is -2.25. The summed E-state index contributed by atoms with van der Waals surface area (Å²) in [5.41, 5.74) is 4.26. The number of nitrogens with one attached hydrogen (secondary N) is 1. The summed E-state index contributed by atoms with van der Waals surface area (Å²) >= 11 is 0. The number of benzene rings is 2. The number of carbonyl (C=O) groups is 1. The lowest BCUT2D eigenvalue weighted by atomic mass is 10.1. The zero-order valence-electron chi connectivity index (χ0n) is 17.3. The number of carbonyl (C=O) groups excluding carboxylic acids is 1. The van der Waals surface area contributed by atoms with Crippen molar-refractivity contribution in [1.29, 1.82) is 0 Å². The van der Waals surface area contributed by atoms with Crippen molar-refractivity contribution in [1.82, 2.24) is 10.3 Å². The van der Waals surface area contributed by atoms with Gasteiger partial charge in [-0.15, -0.1) is 0 Å². The number of oxazole rings is 1. The summed E-state index contributed by atoms with van der Waals surface area (Å²) in [7, 11) is 1.64. The molecule has 3 rings (SSSR count). The largest absolute Gasteiger partial charge is 0.497 e. The fraction of sp³-hybridized carbons (Fsp3) is 0.333. The second-order valence-electron chi connectivity index (χ2n) is 7.19. The summed E-state index contributed by atoms with van der Waals surface area (Å²) in [6, 6.07) is 16.0. The van der Waals surface area contributed by atoms with Gasteiger partial charge >= 0.3 is 0 Å². The number of amides is 1. The Morgan fingerprint density at radius 3 is 2.66 bits per heavy atom. The number of aromatic nitrogens is 1. The average Bonchev–Trinajstić information content (AvgIpc) is 3.10. The summed E-state index contributed by atoms with van der Waals surface area (Å²) in [6.45, 7) is 4.64. The van der Waals surface area contributed by atoms with Gasteiger partial charge in [-0.25, -0.2) is 4.98 Å². The minimum Gasteiger partial charge on any atom is -0.497 e. The first-order valence-electron chi connectivity index (χ1n) is 9.98. The molecule has 29 heavy (non-hydrogen) atoms. The van der Waals surface area contributed by atoms with Crippen molar-refractivity contribution in [2.45, 2.75) is 39.5 Å². The fourth-order valence-corrected chi connectivity index (χ4v) is 3.15. The molecule has 0 saturated heterocycles. The van der Waals surface area contributed by atoms with E-state index in [0.717, 1.165) is 35.6 Å². The normalized spacial score (nSPS) is 10.7. The molecule has 152 valence electrons. The van der Waals surface area contributed by atoms with Gasteiger partial charge in [-0.2, -0.15) is 0 Å². The smallest absolute Gasteiger partial charge is 0.226 e. The van der Waals surface area contributed by atoms with E-state index in [1.165, 1.54) is 11.1 Å². The lowest BCUT2D eigenvalue weighted by molar-refractivity contribution is -0.121. The molecule has 0 fully saturated rings. The van der Waals surface area contributed by atoms with E-state index in [-0.39, 0.29) is 5.91 Å². The minimum absolute atomic E-state index is 0.0753. The van der Waals surface area contributed by atoms with Crippen molar-refractivity contribution < 1.29 is 13.9 Å². The summed E-state index contributed by atoms with van der Waals surface area (Å²) in [6.07, 6.45) is 2.78.